The lowest BCUT2D eigenvalue weighted by Crippen LogP contribution is -2.40. The highest BCUT2D eigenvalue weighted by atomic mass is 19.1. The fourth-order valence-corrected chi connectivity index (χ4v) is 2.97. The second kappa shape index (κ2) is 5.28. The fourth-order valence-electron chi connectivity index (χ4n) is 2.97. The minimum atomic E-state index is -0.416. The maximum absolute atomic E-state index is 13.1. The van der Waals surface area contributed by atoms with Gasteiger partial charge in [0.05, 0.1) is 6.20 Å². The Bertz CT molecular complexity index is 642. The van der Waals surface area contributed by atoms with E-state index in [-0.39, 0.29) is 17.8 Å². The number of carbonyl (C=O) groups excluding carboxylic acids is 1. The number of pyridine rings is 1. The van der Waals surface area contributed by atoms with Crippen LogP contribution < -0.4 is 5.32 Å². The van der Waals surface area contributed by atoms with E-state index in [0.29, 0.717) is 6.42 Å². The van der Waals surface area contributed by atoms with E-state index in [2.05, 4.69) is 10.3 Å². The van der Waals surface area contributed by atoms with Crippen molar-refractivity contribution < 1.29 is 9.18 Å². The van der Waals surface area contributed by atoms with Gasteiger partial charge in [0, 0.05) is 23.6 Å². The zero-order valence-corrected chi connectivity index (χ0v) is 11.8. The van der Waals surface area contributed by atoms with Gasteiger partial charge >= 0.3 is 0 Å². The van der Waals surface area contributed by atoms with Gasteiger partial charge in [-0.3, -0.25) is 9.78 Å². The van der Waals surface area contributed by atoms with E-state index < -0.39 is 5.41 Å². The monoisotopic (exact) mass is 284 g/mol. The molecular weight excluding hydrogens is 267 g/mol. The molecule has 0 aliphatic carbocycles. The van der Waals surface area contributed by atoms with Gasteiger partial charge in [0.25, 0.3) is 0 Å². The van der Waals surface area contributed by atoms with Crippen molar-refractivity contribution in [3.05, 3.63) is 65.7 Å². The van der Waals surface area contributed by atoms with Crippen molar-refractivity contribution in [2.24, 2.45) is 0 Å². The van der Waals surface area contributed by atoms with Gasteiger partial charge in [0.2, 0.25) is 5.91 Å². The fraction of sp³-hybridized carbons (Fsp3) is 0.294. The van der Waals surface area contributed by atoms with Crippen LogP contribution >= 0.6 is 0 Å². The second-order valence-electron chi connectivity index (χ2n) is 5.77. The SMILES string of the molecule is CC1(c2ccc(F)cn2)CC(=O)NC1Cc1ccccc1. The molecule has 1 N–H and O–H groups in total. The molecule has 21 heavy (non-hydrogen) atoms. The molecular formula is C17H17FN2O. The molecule has 2 atom stereocenters. The lowest BCUT2D eigenvalue weighted by molar-refractivity contribution is -0.119. The first-order valence-electron chi connectivity index (χ1n) is 7.03. The maximum Gasteiger partial charge on any atom is 0.221 e. The molecule has 3 nitrogen and oxygen atoms in total. The predicted molar refractivity (Wildman–Crippen MR) is 78.2 cm³/mol. The lowest BCUT2D eigenvalue weighted by Gasteiger charge is -2.29. The number of aromatic nitrogens is 1. The lowest BCUT2D eigenvalue weighted by atomic mass is 9.76. The highest BCUT2D eigenvalue weighted by Crippen LogP contribution is 2.36. The topological polar surface area (TPSA) is 42.0 Å². The quantitative estimate of drug-likeness (QED) is 0.941. The molecule has 108 valence electrons. The number of halogens is 1. The van der Waals surface area contributed by atoms with Crippen LogP contribution in [0.15, 0.2) is 48.7 Å². The van der Waals surface area contributed by atoms with Gasteiger partial charge in [-0.1, -0.05) is 37.3 Å². The van der Waals surface area contributed by atoms with Crippen LogP contribution in [0.5, 0.6) is 0 Å². The second-order valence-corrected chi connectivity index (χ2v) is 5.77. The highest BCUT2D eigenvalue weighted by molar-refractivity contribution is 5.81. The molecule has 2 aromatic rings. The van der Waals surface area contributed by atoms with E-state index in [1.165, 1.54) is 12.3 Å². The molecule has 1 aromatic carbocycles. The molecule has 2 heterocycles. The molecule has 3 rings (SSSR count). The Kier molecular flexibility index (Phi) is 3.45. The van der Waals surface area contributed by atoms with Crippen molar-refractivity contribution in [3.8, 4) is 0 Å². The van der Waals surface area contributed by atoms with Crippen molar-refractivity contribution in [2.75, 3.05) is 0 Å². The average Bonchev–Trinajstić information content (AvgIpc) is 2.76. The van der Waals surface area contributed by atoms with E-state index >= 15 is 0 Å². The number of rotatable bonds is 3. The van der Waals surface area contributed by atoms with Crippen molar-refractivity contribution in [3.63, 3.8) is 0 Å². The molecule has 2 unspecified atom stereocenters. The summed E-state index contributed by atoms with van der Waals surface area (Å²) in [5.41, 5.74) is 1.50. The molecule has 1 aromatic heterocycles. The smallest absolute Gasteiger partial charge is 0.221 e. The van der Waals surface area contributed by atoms with Gasteiger partial charge in [-0.15, -0.1) is 0 Å². The van der Waals surface area contributed by atoms with Crippen LogP contribution in [-0.2, 0) is 16.6 Å². The Morgan fingerprint density at radius 3 is 2.71 bits per heavy atom. The van der Waals surface area contributed by atoms with Crippen molar-refractivity contribution in [1.29, 1.82) is 0 Å². The molecule has 1 aliphatic rings. The van der Waals surface area contributed by atoms with E-state index in [9.17, 15) is 9.18 Å². The van der Waals surface area contributed by atoms with Gasteiger partial charge in [-0.25, -0.2) is 4.39 Å². The summed E-state index contributed by atoms with van der Waals surface area (Å²) in [7, 11) is 0. The van der Waals surface area contributed by atoms with Gasteiger partial charge in [-0.05, 0) is 24.1 Å². The number of amides is 1. The highest BCUT2D eigenvalue weighted by Gasteiger charge is 2.45. The molecule has 4 heteroatoms. The summed E-state index contributed by atoms with van der Waals surface area (Å²) in [5.74, 6) is -0.344. The third-order valence-electron chi connectivity index (χ3n) is 4.23. The summed E-state index contributed by atoms with van der Waals surface area (Å²) in [4.78, 5) is 16.1. The number of hydrogen-bond acceptors (Lipinski definition) is 2. The Labute approximate surface area is 123 Å². The summed E-state index contributed by atoms with van der Waals surface area (Å²) in [6, 6.07) is 13.1. The van der Waals surface area contributed by atoms with E-state index in [1.54, 1.807) is 6.07 Å². The molecule has 0 bridgehead atoms. The third-order valence-corrected chi connectivity index (χ3v) is 4.23. The van der Waals surface area contributed by atoms with Crippen molar-refractivity contribution in [1.82, 2.24) is 10.3 Å². The van der Waals surface area contributed by atoms with E-state index in [4.69, 9.17) is 0 Å². The first-order chi connectivity index (χ1) is 10.1. The molecule has 1 amide bonds. The Hall–Kier alpha value is -2.23. The summed E-state index contributed by atoms with van der Waals surface area (Å²) in [6.45, 7) is 2.01. The molecule has 1 aliphatic heterocycles. The summed E-state index contributed by atoms with van der Waals surface area (Å²) < 4.78 is 13.1. The Morgan fingerprint density at radius 1 is 1.29 bits per heavy atom. The predicted octanol–water partition coefficient (Wildman–Crippen LogP) is 2.61. The molecule has 1 fully saturated rings. The average molecular weight is 284 g/mol. The molecule has 0 saturated carbocycles. The number of benzene rings is 1. The number of nitrogens with zero attached hydrogens (tertiary/aromatic N) is 1. The first kappa shape index (κ1) is 13.7. The maximum atomic E-state index is 13.1. The molecule has 1 saturated heterocycles. The van der Waals surface area contributed by atoms with Crippen LogP contribution in [0.1, 0.15) is 24.6 Å². The Morgan fingerprint density at radius 2 is 2.05 bits per heavy atom. The summed E-state index contributed by atoms with van der Waals surface area (Å²) in [5, 5.41) is 3.03. The van der Waals surface area contributed by atoms with Crippen molar-refractivity contribution in [2.45, 2.75) is 31.2 Å². The van der Waals surface area contributed by atoms with Gasteiger partial charge in [0.1, 0.15) is 5.82 Å². The van der Waals surface area contributed by atoms with Crippen molar-refractivity contribution >= 4 is 5.91 Å². The standard InChI is InChI=1S/C17H17FN2O/c1-17(14-8-7-13(18)11-19-14)10-16(21)20-15(17)9-12-5-3-2-4-6-12/h2-8,11,15H,9-10H2,1H3,(H,20,21). The number of carbonyl (C=O) groups is 1. The minimum Gasteiger partial charge on any atom is -0.352 e. The normalized spacial score (nSPS) is 24.9. The molecule has 0 radical (unpaired) electrons. The first-order valence-corrected chi connectivity index (χ1v) is 7.03. The third kappa shape index (κ3) is 2.66. The summed E-state index contributed by atoms with van der Waals surface area (Å²) >= 11 is 0. The van der Waals surface area contributed by atoms with Crippen LogP contribution in [0.2, 0.25) is 0 Å². The van der Waals surface area contributed by atoms with Crippen LogP contribution in [0, 0.1) is 5.82 Å². The zero-order chi connectivity index (χ0) is 14.9. The van der Waals surface area contributed by atoms with Crippen LogP contribution in [0.3, 0.4) is 0 Å². The van der Waals surface area contributed by atoms with Crippen LogP contribution in [0.25, 0.3) is 0 Å². The Balaban J connectivity index is 1.91. The van der Waals surface area contributed by atoms with E-state index in [0.717, 1.165) is 17.7 Å². The summed E-state index contributed by atoms with van der Waals surface area (Å²) in [6.07, 6.45) is 2.33. The van der Waals surface area contributed by atoms with E-state index in [1.807, 2.05) is 37.3 Å². The van der Waals surface area contributed by atoms with Crippen LogP contribution in [-0.4, -0.2) is 16.9 Å². The van der Waals surface area contributed by atoms with Gasteiger partial charge in [0.15, 0.2) is 0 Å². The van der Waals surface area contributed by atoms with Gasteiger partial charge < -0.3 is 5.32 Å². The van der Waals surface area contributed by atoms with Gasteiger partial charge in [-0.2, -0.15) is 0 Å². The molecule has 0 spiro atoms. The number of nitrogens with one attached hydrogen (secondary N) is 1. The minimum absolute atomic E-state index is 0.0181. The number of hydrogen-bond donors (Lipinski definition) is 1. The largest absolute Gasteiger partial charge is 0.352 e. The zero-order valence-electron chi connectivity index (χ0n) is 11.8. The van der Waals surface area contributed by atoms with Crippen LogP contribution in [0.4, 0.5) is 4.39 Å².